The highest BCUT2D eigenvalue weighted by Crippen LogP contribution is 2.21. The third kappa shape index (κ3) is 4.54. The molecule has 2 heterocycles. The molecule has 0 unspecified atom stereocenters. The van der Waals surface area contributed by atoms with Crippen molar-refractivity contribution < 1.29 is 0 Å². The number of aromatic nitrogens is 3. The van der Waals surface area contributed by atoms with Crippen molar-refractivity contribution in [1.29, 1.82) is 0 Å². The van der Waals surface area contributed by atoms with E-state index in [0.29, 0.717) is 5.92 Å². The first-order chi connectivity index (χ1) is 9.65. The fourth-order valence-corrected chi connectivity index (χ4v) is 2.65. The summed E-state index contributed by atoms with van der Waals surface area (Å²) in [7, 11) is 0. The Hall–Kier alpha value is -1.53. The number of nitrogens with zero attached hydrogens (tertiary/aromatic N) is 2. The van der Waals surface area contributed by atoms with Crippen LogP contribution in [0.15, 0.2) is 23.0 Å². The summed E-state index contributed by atoms with van der Waals surface area (Å²) in [5.41, 5.74) is 0.622. The van der Waals surface area contributed by atoms with Gasteiger partial charge >= 0.3 is 0 Å². The molecular formula is C14H20N4OS. The second-order valence-electron chi connectivity index (χ2n) is 5.13. The van der Waals surface area contributed by atoms with E-state index in [-0.39, 0.29) is 5.56 Å². The van der Waals surface area contributed by atoms with Crippen molar-refractivity contribution in [2.24, 2.45) is 5.92 Å². The molecular weight excluding hydrogens is 272 g/mol. The topological polar surface area (TPSA) is 70.7 Å². The fourth-order valence-electron chi connectivity index (χ4n) is 1.79. The van der Waals surface area contributed by atoms with Crippen LogP contribution in [0, 0.1) is 5.92 Å². The van der Waals surface area contributed by atoms with E-state index in [0.717, 1.165) is 41.6 Å². The van der Waals surface area contributed by atoms with E-state index in [4.69, 9.17) is 0 Å². The van der Waals surface area contributed by atoms with Crippen molar-refractivity contribution in [2.45, 2.75) is 26.7 Å². The fraction of sp³-hybridized carbons (Fsp3) is 0.500. The van der Waals surface area contributed by atoms with Crippen molar-refractivity contribution in [3.8, 4) is 10.7 Å². The van der Waals surface area contributed by atoms with Gasteiger partial charge in [-0.05, 0) is 31.5 Å². The number of H-pyrrole nitrogens is 1. The summed E-state index contributed by atoms with van der Waals surface area (Å²) in [4.78, 5) is 14.0. The van der Waals surface area contributed by atoms with Crippen LogP contribution in [0.2, 0.25) is 0 Å². The summed E-state index contributed by atoms with van der Waals surface area (Å²) in [5, 5.41) is 13.5. The van der Waals surface area contributed by atoms with Crippen LogP contribution in [-0.2, 0) is 6.42 Å². The minimum Gasteiger partial charge on any atom is -0.320 e. The van der Waals surface area contributed by atoms with Gasteiger partial charge in [-0.1, -0.05) is 31.3 Å². The number of rotatable bonds is 7. The first-order valence-electron chi connectivity index (χ1n) is 6.88. The van der Waals surface area contributed by atoms with Crippen LogP contribution >= 0.6 is 11.3 Å². The SMILES string of the molecule is CC(C)CNCCCc1nnc(-c2cccc(=O)[nH]2)s1. The second kappa shape index (κ2) is 7.31. The van der Waals surface area contributed by atoms with E-state index in [1.807, 2.05) is 6.07 Å². The molecule has 0 saturated heterocycles. The van der Waals surface area contributed by atoms with Gasteiger partial charge in [-0.3, -0.25) is 4.79 Å². The van der Waals surface area contributed by atoms with Crippen molar-refractivity contribution in [1.82, 2.24) is 20.5 Å². The Bertz CT molecular complexity index is 591. The molecule has 0 aromatic carbocycles. The lowest BCUT2D eigenvalue weighted by atomic mass is 10.2. The van der Waals surface area contributed by atoms with Crippen LogP contribution in [-0.4, -0.2) is 28.3 Å². The zero-order valence-electron chi connectivity index (χ0n) is 11.8. The first-order valence-corrected chi connectivity index (χ1v) is 7.69. The van der Waals surface area contributed by atoms with Gasteiger partial charge in [-0.2, -0.15) is 0 Å². The zero-order chi connectivity index (χ0) is 14.4. The molecule has 0 spiro atoms. The average molecular weight is 292 g/mol. The summed E-state index contributed by atoms with van der Waals surface area (Å²) < 4.78 is 0. The van der Waals surface area contributed by atoms with Gasteiger partial charge in [0.2, 0.25) is 5.56 Å². The summed E-state index contributed by atoms with van der Waals surface area (Å²) in [6.07, 6.45) is 1.96. The highest BCUT2D eigenvalue weighted by atomic mass is 32.1. The normalized spacial score (nSPS) is 11.2. The zero-order valence-corrected chi connectivity index (χ0v) is 12.7. The average Bonchev–Trinajstić information content (AvgIpc) is 2.87. The molecule has 2 aromatic rings. The molecule has 0 aliphatic carbocycles. The molecule has 0 fully saturated rings. The molecule has 108 valence electrons. The van der Waals surface area contributed by atoms with Crippen molar-refractivity contribution in [3.63, 3.8) is 0 Å². The number of pyridine rings is 1. The largest absolute Gasteiger partial charge is 0.320 e. The van der Waals surface area contributed by atoms with Gasteiger partial charge in [-0.15, -0.1) is 10.2 Å². The maximum absolute atomic E-state index is 11.3. The van der Waals surface area contributed by atoms with Crippen LogP contribution in [0.25, 0.3) is 10.7 Å². The Balaban J connectivity index is 1.85. The molecule has 2 rings (SSSR count). The van der Waals surface area contributed by atoms with E-state index in [1.54, 1.807) is 6.07 Å². The Morgan fingerprint density at radius 3 is 2.95 bits per heavy atom. The summed E-state index contributed by atoms with van der Waals surface area (Å²) in [6.45, 7) is 6.44. The summed E-state index contributed by atoms with van der Waals surface area (Å²) in [6, 6.07) is 5.06. The van der Waals surface area contributed by atoms with E-state index in [1.165, 1.54) is 17.4 Å². The lowest BCUT2D eigenvalue weighted by Gasteiger charge is -2.05. The van der Waals surface area contributed by atoms with Crippen LogP contribution < -0.4 is 10.9 Å². The van der Waals surface area contributed by atoms with Crippen LogP contribution in [0.4, 0.5) is 0 Å². The first kappa shape index (κ1) is 14.9. The van der Waals surface area contributed by atoms with Crippen LogP contribution in [0.5, 0.6) is 0 Å². The Morgan fingerprint density at radius 2 is 2.20 bits per heavy atom. The number of aromatic amines is 1. The number of hydrogen-bond donors (Lipinski definition) is 2. The predicted octanol–water partition coefficient (Wildman–Crippen LogP) is 2.07. The molecule has 0 radical (unpaired) electrons. The maximum Gasteiger partial charge on any atom is 0.248 e. The van der Waals surface area contributed by atoms with Gasteiger partial charge in [0.15, 0.2) is 5.01 Å². The smallest absolute Gasteiger partial charge is 0.248 e. The van der Waals surface area contributed by atoms with Crippen LogP contribution in [0.1, 0.15) is 25.3 Å². The molecule has 2 N–H and O–H groups in total. The third-order valence-electron chi connectivity index (χ3n) is 2.76. The van der Waals surface area contributed by atoms with Gasteiger partial charge in [0.25, 0.3) is 0 Å². The minimum absolute atomic E-state index is 0.114. The molecule has 0 bridgehead atoms. The molecule has 2 aromatic heterocycles. The summed E-state index contributed by atoms with van der Waals surface area (Å²) in [5.74, 6) is 0.679. The van der Waals surface area contributed by atoms with Crippen molar-refractivity contribution >= 4 is 11.3 Å². The molecule has 0 atom stereocenters. The Kier molecular flexibility index (Phi) is 5.43. The Labute approximate surface area is 122 Å². The van der Waals surface area contributed by atoms with Gasteiger partial charge in [0, 0.05) is 12.5 Å². The molecule has 6 heteroatoms. The molecule has 20 heavy (non-hydrogen) atoms. The highest BCUT2D eigenvalue weighted by Gasteiger charge is 2.07. The predicted molar refractivity (Wildman–Crippen MR) is 82.0 cm³/mol. The Morgan fingerprint density at radius 1 is 1.35 bits per heavy atom. The van der Waals surface area contributed by atoms with E-state index in [9.17, 15) is 4.79 Å². The molecule has 0 amide bonds. The van der Waals surface area contributed by atoms with Gasteiger partial charge in [-0.25, -0.2) is 0 Å². The standard InChI is InChI=1S/C14H20N4OS/c1-10(2)9-15-8-4-7-13-17-18-14(20-13)11-5-3-6-12(19)16-11/h3,5-6,10,15H,4,7-9H2,1-2H3,(H,16,19). The number of hydrogen-bond acceptors (Lipinski definition) is 5. The molecule has 0 aliphatic rings. The maximum atomic E-state index is 11.3. The van der Waals surface area contributed by atoms with Gasteiger partial charge in [0.05, 0.1) is 5.69 Å². The van der Waals surface area contributed by atoms with Crippen LogP contribution in [0.3, 0.4) is 0 Å². The van der Waals surface area contributed by atoms with E-state index < -0.39 is 0 Å². The quantitative estimate of drug-likeness (QED) is 0.766. The highest BCUT2D eigenvalue weighted by molar-refractivity contribution is 7.14. The van der Waals surface area contributed by atoms with E-state index in [2.05, 4.69) is 34.3 Å². The molecule has 0 saturated carbocycles. The lowest BCUT2D eigenvalue weighted by molar-refractivity contribution is 0.542. The number of aryl methyl sites for hydroxylation is 1. The minimum atomic E-state index is -0.114. The lowest BCUT2D eigenvalue weighted by Crippen LogP contribution is -2.21. The molecule has 0 aliphatic heterocycles. The van der Waals surface area contributed by atoms with Crippen molar-refractivity contribution in [3.05, 3.63) is 33.6 Å². The van der Waals surface area contributed by atoms with Gasteiger partial charge < -0.3 is 10.3 Å². The van der Waals surface area contributed by atoms with Crippen molar-refractivity contribution in [2.75, 3.05) is 13.1 Å². The van der Waals surface area contributed by atoms with Gasteiger partial charge in [0.1, 0.15) is 5.01 Å². The summed E-state index contributed by atoms with van der Waals surface area (Å²) >= 11 is 1.54. The monoisotopic (exact) mass is 292 g/mol. The third-order valence-corrected chi connectivity index (χ3v) is 3.78. The molecule has 5 nitrogen and oxygen atoms in total. The second-order valence-corrected chi connectivity index (χ2v) is 6.19. The van der Waals surface area contributed by atoms with E-state index >= 15 is 0 Å². The number of nitrogens with one attached hydrogen (secondary N) is 2.